The summed E-state index contributed by atoms with van der Waals surface area (Å²) >= 11 is 0. The summed E-state index contributed by atoms with van der Waals surface area (Å²) in [6.45, 7) is 2.46. The number of halogens is 3. The molecule has 0 aliphatic carbocycles. The molecule has 17 heavy (non-hydrogen) atoms. The van der Waals surface area contributed by atoms with Crippen molar-refractivity contribution in [1.29, 1.82) is 0 Å². The lowest BCUT2D eigenvalue weighted by Gasteiger charge is -2.12. The van der Waals surface area contributed by atoms with Gasteiger partial charge in [-0.05, 0) is 37.2 Å². The Morgan fingerprint density at radius 2 is 1.94 bits per heavy atom. The Morgan fingerprint density at radius 3 is 2.47 bits per heavy atom. The van der Waals surface area contributed by atoms with Crippen molar-refractivity contribution >= 4 is 0 Å². The highest BCUT2D eigenvalue weighted by atomic mass is 19.4. The van der Waals surface area contributed by atoms with E-state index in [1.165, 1.54) is 12.1 Å². The van der Waals surface area contributed by atoms with Crippen molar-refractivity contribution in [3.63, 3.8) is 0 Å². The van der Waals surface area contributed by atoms with E-state index in [0.717, 1.165) is 31.6 Å². The molecule has 2 nitrogen and oxygen atoms in total. The third-order valence-electron chi connectivity index (χ3n) is 2.83. The number of nitrogens with one attached hydrogen (secondary N) is 1. The molecule has 94 valence electrons. The molecule has 0 amide bonds. The van der Waals surface area contributed by atoms with E-state index in [0.29, 0.717) is 18.3 Å². The van der Waals surface area contributed by atoms with E-state index in [1.54, 1.807) is 0 Å². The van der Waals surface area contributed by atoms with E-state index in [2.05, 4.69) is 5.32 Å². The molecule has 1 aromatic rings. The van der Waals surface area contributed by atoms with Crippen LogP contribution in [0.4, 0.5) is 13.2 Å². The molecule has 1 heterocycles. The van der Waals surface area contributed by atoms with Gasteiger partial charge in [0.25, 0.3) is 0 Å². The topological polar surface area (TPSA) is 21.3 Å². The smallest absolute Gasteiger partial charge is 0.416 e. The third-order valence-corrected chi connectivity index (χ3v) is 2.83. The largest absolute Gasteiger partial charge is 0.493 e. The van der Waals surface area contributed by atoms with Gasteiger partial charge in [-0.15, -0.1) is 0 Å². The summed E-state index contributed by atoms with van der Waals surface area (Å²) in [5.41, 5.74) is -0.646. The van der Waals surface area contributed by atoms with Crippen molar-refractivity contribution in [2.24, 2.45) is 5.92 Å². The molecule has 1 atom stereocenters. The lowest BCUT2D eigenvalue weighted by atomic mass is 10.1. The van der Waals surface area contributed by atoms with Crippen LogP contribution in [0.15, 0.2) is 24.3 Å². The minimum absolute atomic E-state index is 0.456. The van der Waals surface area contributed by atoms with Crippen LogP contribution in [0.25, 0.3) is 0 Å². The van der Waals surface area contributed by atoms with Gasteiger partial charge in [-0.1, -0.05) is 0 Å². The number of rotatable bonds is 3. The van der Waals surface area contributed by atoms with Crippen LogP contribution in [0, 0.1) is 5.92 Å². The molecular weight excluding hydrogens is 231 g/mol. The van der Waals surface area contributed by atoms with Crippen LogP contribution in [0.5, 0.6) is 5.75 Å². The van der Waals surface area contributed by atoms with Crippen LogP contribution in [0.2, 0.25) is 0 Å². The number of hydrogen-bond acceptors (Lipinski definition) is 2. The minimum Gasteiger partial charge on any atom is -0.493 e. The Kier molecular flexibility index (Phi) is 3.57. The zero-order valence-electron chi connectivity index (χ0n) is 9.26. The van der Waals surface area contributed by atoms with Crippen LogP contribution < -0.4 is 10.1 Å². The van der Waals surface area contributed by atoms with E-state index < -0.39 is 11.7 Å². The molecule has 0 radical (unpaired) electrons. The SMILES string of the molecule is FC(F)(F)c1ccc(OC[C@H]2CCNC2)cc1. The molecule has 1 aromatic carbocycles. The van der Waals surface area contributed by atoms with Gasteiger partial charge in [0.15, 0.2) is 0 Å². The first-order valence-corrected chi connectivity index (χ1v) is 5.56. The zero-order chi connectivity index (χ0) is 12.3. The predicted molar refractivity (Wildman–Crippen MR) is 57.9 cm³/mol. The number of hydrogen-bond donors (Lipinski definition) is 1. The van der Waals surface area contributed by atoms with Crippen molar-refractivity contribution in [2.75, 3.05) is 19.7 Å². The first kappa shape index (κ1) is 12.2. The van der Waals surface area contributed by atoms with Gasteiger partial charge in [-0.2, -0.15) is 13.2 Å². The summed E-state index contributed by atoms with van der Waals surface area (Å²) in [6, 6.07) is 4.82. The first-order chi connectivity index (χ1) is 8.05. The van der Waals surface area contributed by atoms with Crippen LogP contribution in [0.3, 0.4) is 0 Å². The molecule has 1 aliphatic rings. The molecule has 0 saturated carbocycles. The zero-order valence-corrected chi connectivity index (χ0v) is 9.26. The van der Waals surface area contributed by atoms with Gasteiger partial charge >= 0.3 is 6.18 Å². The molecule has 1 aliphatic heterocycles. The summed E-state index contributed by atoms with van der Waals surface area (Å²) in [6.07, 6.45) is -3.23. The molecule has 1 saturated heterocycles. The highest BCUT2D eigenvalue weighted by Crippen LogP contribution is 2.30. The summed E-state index contributed by atoms with van der Waals surface area (Å²) in [4.78, 5) is 0. The van der Waals surface area contributed by atoms with E-state index >= 15 is 0 Å². The minimum atomic E-state index is -4.28. The van der Waals surface area contributed by atoms with Crippen LogP contribution >= 0.6 is 0 Å². The molecule has 5 heteroatoms. The number of alkyl halides is 3. The fourth-order valence-electron chi connectivity index (χ4n) is 1.81. The average Bonchev–Trinajstić information content (AvgIpc) is 2.78. The van der Waals surface area contributed by atoms with Gasteiger partial charge in [-0.3, -0.25) is 0 Å². The Hall–Kier alpha value is -1.23. The molecule has 0 spiro atoms. The van der Waals surface area contributed by atoms with Gasteiger partial charge in [-0.25, -0.2) is 0 Å². The fraction of sp³-hybridized carbons (Fsp3) is 0.500. The van der Waals surface area contributed by atoms with Crippen molar-refractivity contribution in [3.8, 4) is 5.75 Å². The molecule has 0 unspecified atom stereocenters. The lowest BCUT2D eigenvalue weighted by Crippen LogP contribution is -2.15. The van der Waals surface area contributed by atoms with Crippen molar-refractivity contribution in [1.82, 2.24) is 5.32 Å². The average molecular weight is 245 g/mol. The summed E-state index contributed by atoms with van der Waals surface area (Å²) in [5.74, 6) is 0.946. The summed E-state index contributed by atoms with van der Waals surface area (Å²) < 4.78 is 42.4. The first-order valence-electron chi connectivity index (χ1n) is 5.56. The van der Waals surface area contributed by atoms with Gasteiger partial charge in [0.2, 0.25) is 0 Å². The highest BCUT2D eigenvalue weighted by molar-refractivity contribution is 5.28. The van der Waals surface area contributed by atoms with E-state index in [4.69, 9.17) is 4.74 Å². The Labute approximate surface area is 97.8 Å². The maximum absolute atomic E-state index is 12.3. The Morgan fingerprint density at radius 1 is 1.24 bits per heavy atom. The summed E-state index contributed by atoms with van der Waals surface area (Å²) in [7, 11) is 0. The highest BCUT2D eigenvalue weighted by Gasteiger charge is 2.30. The monoisotopic (exact) mass is 245 g/mol. The van der Waals surface area contributed by atoms with Crippen molar-refractivity contribution in [2.45, 2.75) is 12.6 Å². The summed E-state index contributed by atoms with van der Waals surface area (Å²) in [5, 5.41) is 3.21. The van der Waals surface area contributed by atoms with Crippen molar-refractivity contribution < 1.29 is 17.9 Å². The van der Waals surface area contributed by atoms with Crippen LogP contribution in [-0.2, 0) is 6.18 Å². The molecule has 0 bridgehead atoms. The van der Waals surface area contributed by atoms with Gasteiger partial charge < -0.3 is 10.1 Å². The van der Waals surface area contributed by atoms with E-state index in [-0.39, 0.29) is 0 Å². The van der Waals surface area contributed by atoms with E-state index in [1.807, 2.05) is 0 Å². The molecular formula is C12H14F3NO. The molecule has 1 N–H and O–H groups in total. The second kappa shape index (κ2) is 4.96. The van der Waals surface area contributed by atoms with Gasteiger partial charge in [0.1, 0.15) is 5.75 Å². The normalized spacial score (nSPS) is 20.5. The van der Waals surface area contributed by atoms with Crippen molar-refractivity contribution in [3.05, 3.63) is 29.8 Å². The maximum Gasteiger partial charge on any atom is 0.416 e. The van der Waals surface area contributed by atoms with Gasteiger partial charge in [0, 0.05) is 12.5 Å². The van der Waals surface area contributed by atoms with Crippen LogP contribution in [-0.4, -0.2) is 19.7 Å². The lowest BCUT2D eigenvalue weighted by molar-refractivity contribution is -0.137. The second-order valence-electron chi connectivity index (χ2n) is 4.19. The van der Waals surface area contributed by atoms with Crippen LogP contribution in [0.1, 0.15) is 12.0 Å². The maximum atomic E-state index is 12.3. The third kappa shape index (κ3) is 3.36. The van der Waals surface area contributed by atoms with Gasteiger partial charge in [0.05, 0.1) is 12.2 Å². The molecule has 2 rings (SSSR count). The second-order valence-corrected chi connectivity index (χ2v) is 4.19. The predicted octanol–water partition coefficient (Wildman–Crippen LogP) is 2.69. The fourth-order valence-corrected chi connectivity index (χ4v) is 1.81. The standard InChI is InChI=1S/C12H14F3NO/c13-12(14,15)10-1-3-11(4-2-10)17-8-9-5-6-16-7-9/h1-4,9,16H,5-8H2/t9-/m0/s1. The number of benzene rings is 1. The van der Waals surface area contributed by atoms with E-state index in [9.17, 15) is 13.2 Å². The molecule has 0 aromatic heterocycles. The Bertz CT molecular complexity index is 355. The Balaban J connectivity index is 1.89. The molecule has 1 fully saturated rings. The number of ether oxygens (including phenoxy) is 1. The quantitative estimate of drug-likeness (QED) is 0.884.